The van der Waals surface area contributed by atoms with E-state index in [4.69, 9.17) is 0 Å². The number of carbonyl (C=O) groups is 1. The van der Waals surface area contributed by atoms with Crippen LogP contribution in [0.15, 0.2) is 30.3 Å². The molecule has 0 heterocycles. The van der Waals surface area contributed by atoms with Gasteiger partial charge in [-0.25, -0.2) is 0 Å². The van der Waals surface area contributed by atoms with E-state index >= 15 is 0 Å². The first-order valence-corrected chi connectivity index (χ1v) is 6.20. The van der Waals surface area contributed by atoms with Crippen LogP contribution < -0.4 is 0 Å². The molecule has 84 valence electrons. The maximum Gasteiger partial charge on any atom is 0.233 e. The van der Waals surface area contributed by atoms with Crippen molar-refractivity contribution in [3.05, 3.63) is 35.9 Å². The average Bonchev–Trinajstić information content (AvgIpc) is 2.32. The average molecular weight is 272 g/mol. The van der Waals surface area contributed by atoms with E-state index < -0.39 is 0 Å². The molecule has 2 nitrogen and oxygen atoms in total. The lowest BCUT2D eigenvalue weighted by Crippen LogP contribution is -2.26. The number of amides is 1. The molecule has 1 aromatic carbocycles. The Balaban J connectivity index is 0.000000921. The van der Waals surface area contributed by atoms with E-state index in [0.29, 0.717) is 11.9 Å². The summed E-state index contributed by atoms with van der Waals surface area (Å²) in [5, 5.41) is 0.385. The summed E-state index contributed by atoms with van der Waals surface area (Å²) in [6, 6.07) is 9.94. The van der Waals surface area contributed by atoms with Crippen molar-refractivity contribution >= 4 is 21.8 Å². The lowest BCUT2D eigenvalue weighted by atomic mass is 10.2. The van der Waals surface area contributed by atoms with Gasteiger partial charge in [0.25, 0.3) is 0 Å². The van der Waals surface area contributed by atoms with Crippen LogP contribution in [0.1, 0.15) is 19.4 Å². The second-order valence-corrected chi connectivity index (χ2v) is 3.43. The monoisotopic (exact) mass is 271 g/mol. The van der Waals surface area contributed by atoms with Crippen molar-refractivity contribution in [3.8, 4) is 0 Å². The van der Waals surface area contributed by atoms with Gasteiger partial charge < -0.3 is 4.90 Å². The molecule has 3 heteroatoms. The van der Waals surface area contributed by atoms with Crippen molar-refractivity contribution in [2.45, 2.75) is 20.4 Å². The molecule has 0 aromatic heterocycles. The Hall–Kier alpha value is -0.830. The lowest BCUT2D eigenvalue weighted by molar-refractivity contribution is -0.127. The van der Waals surface area contributed by atoms with Gasteiger partial charge in [-0.05, 0) is 5.56 Å². The number of nitrogens with zero attached hydrogens (tertiary/aromatic N) is 1. The first-order valence-electron chi connectivity index (χ1n) is 5.08. The van der Waals surface area contributed by atoms with Crippen LogP contribution in [-0.4, -0.2) is 23.2 Å². The van der Waals surface area contributed by atoms with E-state index in [1.54, 1.807) is 11.9 Å². The Morgan fingerprint density at radius 3 is 2.27 bits per heavy atom. The van der Waals surface area contributed by atoms with Crippen molar-refractivity contribution in [2.75, 3.05) is 12.4 Å². The molecule has 0 spiro atoms. The van der Waals surface area contributed by atoms with Crippen molar-refractivity contribution < 1.29 is 4.79 Å². The predicted molar refractivity (Wildman–Crippen MR) is 68.1 cm³/mol. The van der Waals surface area contributed by atoms with Gasteiger partial charge in [0, 0.05) is 13.6 Å². The van der Waals surface area contributed by atoms with Gasteiger partial charge in [0.15, 0.2) is 0 Å². The standard InChI is InChI=1S/C10H12BrNO.C2H6/c1-12(10(13)7-11)8-9-5-3-2-4-6-9;1-2/h2-6H,7-8H2,1H3;1-2H3. The van der Waals surface area contributed by atoms with Crippen LogP contribution in [0, 0.1) is 0 Å². The number of benzene rings is 1. The Labute approximate surface area is 100 Å². The van der Waals surface area contributed by atoms with Crippen LogP contribution in [-0.2, 0) is 11.3 Å². The largest absolute Gasteiger partial charge is 0.341 e. The van der Waals surface area contributed by atoms with Crippen LogP contribution in [0.25, 0.3) is 0 Å². The second kappa shape index (κ2) is 8.48. The molecule has 0 N–H and O–H groups in total. The highest BCUT2D eigenvalue weighted by Crippen LogP contribution is 2.03. The van der Waals surface area contributed by atoms with Crippen LogP contribution in [0.3, 0.4) is 0 Å². The first-order chi connectivity index (χ1) is 7.24. The SMILES string of the molecule is CC.CN(Cc1ccccc1)C(=O)CBr. The molecule has 15 heavy (non-hydrogen) atoms. The molecule has 1 amide bonds. The molecule has 0 radical (unpaired) electrons. The molecule has 1 aromatic rings. The molecule has 0 atom stereocenters. The minimum atomic E-state index is 0.101. The van der Waals surface area contributed by atoms with E-state index in [1.807, 2.05) is 44.2 Å². The fourth-order valence-electron chi connectivity index (χ4n) is 1.05. The van der Waals surface area contributed by atoms with Crippen molar-refractivity contribution in [1.82, 2.24) is 4.90 Å². The Kier molecular flexibility index (Phi) is 8.01. The van der Waals surface area contributed by atoms with Gasteiger partial charge in [0.2, 0.25) is 5.91 Å². The van der Waals surface area contributed by atoms with Crippen LogP contribution >= 0.6 is 15.9 Å². The molecular formula is C12H18BrNO. The van der Waals surface area contributed by atoms with Gasteiger partial charge >= 0.3 is 0 Å². The van der Waals surface area contributed by atoms with Gasteiger partial charge in [-0.2, -0.15) is 0 Å². The molecule has 0 aliphatic rings. The third-order valence-corrected chi connectivity index (χ3v) is 2.28. The summed E-state index contributed by atoms with van der Waals surface area (Å²) in [7, 11) is 1.80. The van der Waals surface area contributed by atoms with E-state index in [9.17, 15) is 4.79 Å². The van der Waals surface area contributed by atoms with Gasteiger partial charge in [0.1, 0.15) is 0 Å². The molecular weight excluding hydrogens is 254 g/mol. The maximum absolute atomic E-state index is 11.2. The summed E-state index contributed by atoms with van der Waals surface area (Å²) in [5.41, 5.74) is 1.15. The number of alkyl halides is 1. The maximum atomic E-state index is 11.2. The van der Waals surface area contributed by atoms with Crippen molar-refractivity contribution in [1.29, 1.82) is 0 Å². The van der Waals surface area contributed by atoms with E-state index in [-0.39, 0.29) is 5.91 Å². The van der Waals surface area contributed by atoms with Gasteiger partial charge in [-0.15, -0.1) is 0 Å². The number of hydrogen-bond acceptors (Lipinski definition) is 1. The molecule has 0 aliphatic heterocycles. The molecule has 1 rings (SSSR count). The summed E-state index contributed by atoms with van der Waals surface area (Å²) in [5.74, 6) is 0.101. The molecule has 0 saturated heterocycles. The summed E-state index contributed by atoms with van der Waals surface area (Å²) in [6.07, 6.45) is 0. The number of halogens is 1. The number of hydrogen-bond donors (Lipinski definition) is 0. The summed E-state index contributed by atoms with van der Waals surface area (Å²) in [6.45, 7) is 4.67. The molecule has 0 saturated carbocycles. The highest BCUT2D eigenvalue weighted by atomic mass is 79.9. The highest BCUT2D eigenvalue weighted by Gasteiger charge is 2.05. The second-order valence-electron chi connectivity index (χ2n) is 2.87. The smallest absolute Gasteiger partial charge is 0.233 e. The normalized spacial score (nSPS) is 8.80. The summed E-state index contributed by atoms with van der Waals surface area (Å²) < 4.78 is 0. The fraction of sp³-hybridized carbons (Fsp3) is 0.417. The van der Waals surface area contributed by atoms with Gasteiger partial charge in [-0.3, -0.25) is 4.79 Å². The Morgan fingerprint density at radius 2 is 1.80 bits per heavy atom. The molecule has 0 aliphatic carbocycles. The highest BCUT2D eigenvalue weighted by molar-refractivity contribution is 9.09. The Morgan fingerprint density at radius 1 is 1.27 bits per heavy atom. The van der Waals surface area contributed by atoms with Crippen LogP contribution in [0.4, 0.5) is 0 Å². The number of carbonyl (C=O) groups excluding carboxylic acids is 1. The van der Waals surface area contributed by atoms with E-state index in [0.717, 1.165) is 5.56 Å². The van der Waals surface area contributed by atoms with Crippen molar-refractivity contribution in [2.24, 2.45) is 0 Å². The zero-order chi connectivity index (χ0) is 11.7. The van der Waals surface area contributed by atoms with E-state index in [1.165, 1.54) is 0 Å². The molecule has 0 unspecified atom stereocenters. The van der Waals surface area contributed by atoms with Gasteiger partial charge in [0.05, 0.1) is 5.33 Å². The van der Waals surface area contributed by atoms with Gasteiger partial charge in [-0.1, -0.05) is 60.1 Å². The molecule has 0 bridgehead atoms. The van der Waals surface area contributed by atoms with E-state index in [2.05, 4.69) is 15.9 Å². The minimum Gasteiger partial charge on any atom is -0.341 e. The zero-order valence-corrected chi connectivity index (χ0v) is 11.1. The summed E-state index contributed by atoms with van der Waals surface area (Å²) >= 11 is 3.14. The topological polar surface area (TPSA) is 20.3 Å². The fourth-order valence-corrected chi connectivity index (χ4v) is 1.48. The van der Waals surface area contributed by atoms with Crippen molar-refractivity contribution in [3.63, 3.8) is 0 Å². The summed E-state index contributed by atoms with van der Waals surface area (Å²) in [4.78, 5) is 12.9. The predicted octanol–water partition coefficient (Wildman–Crippen LogP) is 3.07. The third-order valence-electron chi connectivity index (χ3n) is 1.80. The molecule has 0 fully saturated rings. The van der Waals surface area contributed by atoms with Crippen LogP contribution in [0.2, 0.25) is 0 Å². The lowest BCUT2D eigenvalue weighted by Gasteiger charge is -2.15. The quantitative estimate of drug-likeness (QED) is 0.774. The Bertz CT molecular complexity index is 274. The third kappa shape index (κ3) is 5.57. The van der Waals surface area contributed by atoms with Crippen LogP contribution in [0.5, 0.6) is 0 Å². The zero-order valence-electron chi connectivity index (χ0n) is 9.53. The minimum absolute atomic E-state index is 0.101. The number of rotatable bonds is 3. The first kappa shape index (κ1) is 14.2.